The van der Waals surface area contributed by atoms with E-state index >= 15 is 0 Å². The first-order valence-electron chi connectivity index (χ1n) is 6.24. The van der Waals surface area contributed by atoms with Crippen molar-refractivity contribution in [1.82, 2.24) is 0 Å². The Morgan fingerprint density at radius 3 is 2.50 bits per heavy atom. The van der Waals surface area contributed by atoms with Gasteiger partial charge in [0.05, 0.1) is 18.8 Å². The van der Waals surface area contributed by atoms with Crippen molar-refractivity contribution in [3.05, 3.63) is 0 Å². The zero-order valence-electron chi connectivity index (χ0n) is 10.4. The van der Waals surface area contributed by atoms with E-state index in [1.807, 2.05) is 0 Å². The third-order valence-corrected chi connectivity index (χ3v) is 3.14. The maximum absolute atomic E-state index is 5.88. The summed E-state index contributed by atoms with van der Waals surface area (Å²) in [6.07, 6.45) is 5.53. The molecule has 2 N–H and O–H groups in total. The van der Waals surface area contributed by atoms with Gasteiger partial charge in [-0.1, -0.05) is 0 Å². The molecule has 0 saturated heterocycles. The molecular formula is C12H25NO3. The summed E-state index contributed by atoms with van der Waals surface area (Å²) in [4.78, 5) is 0. The van der Waals surface area contributed by atoms with Crippen LogP contribution in [0.15, 0.2) is 0 Å². The summed E-state index contributed by atoms with van der Waals surface area (Å²) in [7, 11) is 1.70. The fraction of sp³-hybridized carbons (Fsp3) is 1.00. The summed E-state index contributed by atoms with van der Waals surface area (Å²) < 4.78 is 16.3. The van der Waals surface area contributed by atoms with Gasteiger partial charge in [0.1, 0.15) is 0 Å². The number of methoxy groups -OCH3 is 1. The summed E-state index contributed by atoms with van der Waals surface area (Å²) in [5.41, 5.74) is 5.67. The molecule has 0 aromatic rings. The van der Waals surface area contributed by atoms with Crippen LogP contribution in [0.5, 0.6) is 0 Å². The van der Waals surface area contributed by atoms with E-state index in [1.165, 1.54) is 6.42 Å². The predicted octanol–water partition coefficient (Wildman–Crippen LogP) is 1.33. The lowest BCUT2D eigenvalue weighted by atomic mass is 9.77. The highest BCUT2D eigenvalue weighted by Gasteiger charge is 2.36. The predicted molar refractivity (Wildman–Crippen MR) is 63.5 cm³/mol. The molecule has 0 aromatic heterocycles. The molecule has 1 aliphatic rings. The molecule has 1 aliphatic carbocycles. The summed E-state index contributed by atoms with van der Waals surface area (Å²) in [6, 6.07) is 0. The van der Waals surface area contributed by atoms with Gasteiger partial charge < -0.3 is 19.9 Å². The van der Waals surface area contributed by atoms with Crippen molar-refractivity contribution in [2.75, 3.05) is 40.1 Å². The third-order valence-electron chi connectivity index (χ3n) is 3.14. The Hall–Kier alpha value is -0.160. The molecule has 0 aromatic carbocycles. The van der Waals surface area contributed by atoms with Gasteiger partial charge in [-0.15, -0.1) is 0 Å². The standard InChI is InChI=1S/C12H25NO3/c1-14-8-3-9-15-10-11-16-12(6-7-13)4-2-5-12/h2-11,13H2,1H3. The zero-order valence-corrected chi connectivity index (χ0v) is 10.4. The van der Waals surface area contributed by atoms with Crippen LogP contribution in [0.25, 0.3) is 0 Å². The van der Waals surface area contributed by atoms with E-state index in [1.54, 1.807) is 7.11 Å². The topological polar surface area (TPSA) is 53.7 Å². The molecule has 0 amide bonds. The molecule has 0 unspecified atom stereocenters. The normalized spacial score (nSPS) is 18.4. The summed E-state index contributed by atoms with van der Waals surface area (Å²) >= 11 is 0. The largest absolute Gasteiger partial charge is 0.385 e. The Morgan fingerprint density at radius 1 is 1.12 bits per heavy atom. The van der Waals surface area contributed by atoms with E-state index in [-0.39, 0.29) is 5.60 Å². The second-order valence-corrected chi connectivity index (χ2v) is 4.38. The molecule has 4 nitrogen and oxygen atoms in total. The van der Waals surface area contributed by atoms with Crippen LogP contribution in [-0.4, -0.2) is 45.7 Å². The van der Waals surface area contributed by atoms with Crippen LogP contribution in [0, 0.1) is 0 Å². The molecule has 0 atom stereocenters. The van der Waals surface area contributed by atoms with Crippen molar-refractivity contribution >= 4 is 0 Å². The molecule has 0 radical (unpaired) electrons. The summed E-state index contributed by atoms with van der Waals surface area (Å²) in [5.74, 6) is 0. The number of nitrogens with two attached hydrogens (primary N) is 1. The average molecular weight is 231 g/mol. The van der Waals surface area contributed by atoms with Gasteiger partial charge >= 0.3 is 0 Å². The highest BCUT2D eigenvalue weighted by atomic mass is 16.5. The second-order valence-electron chi connectivity index (χ2n) is 4.38. The fourth-order valence-corrected chi connectivity index (χ4v) is 2.03. The summed E-state index contributed by atoms with van der Waals surface area (Å²) in [5, 5.41) is 0. The number of ether oxygens (including phenoxy) is 3. The monoisotopic (exact) mass is 231 g/mol. The quantitative estimate of drug-likeness (QED) is 0.576. The number of hydrogen-bond acceptors (Lipinski definition) is 4. The summed E-state index contributed by atoms with van der Waals surface area (Å²) in [6.45, 7) is 3.59. The van der Waals surface area contributed by atoms with Gasteiger partial charge in [-0.2, -0.15) is 0 Å². The van der Waals surface area contributed by atoms with Crippen LogP contribution < -0.4 is 5.73 Å². The minimum absolute atomic E-state index is 0.0879. The molecular weight excluding hydrogens is 206 g/mol. The minimum atomic E-state index is 0.0879. The smallest absolute Gasteiger partial charge is 0.0708 e. The van der Waals surface area contributed by atoms with Crippen LogP contribution in [0.2, 0.25) is 0 Å². The van der Waals surface area contributed by atoms with E-state index in [9.17, 15) is 0 Å². The van der Waals surface area contributed by atoms with Crippen LogP contribution in [0.1, 0.15) is 32.1 Å². The maximum Gasteiger partial charge on any atom is 0.0708 e. The van der Waals surface area contributed by atoms with Gasteiger partial charge in [-0.05, 0) is 38.6 Å². The maximum atomic E-state index is 5.88. The highest BCUT2D eigenvalue weighted by Crippen LogP contribution is 2.37. The van der Waals surface area contributed by atoms with E-state index in [0.717, 1.165) is 38.9 Å². The Kier molecular flexibility index (Phi) is 6.96. The average Bonchev–Trinajstić information content (AvgIpc) is 2.24. The first-order valence-corrected chi connectivity index (χ1v) is 6.24. The van der Waals surface area contributed by atoms with Gasteiger partial charge in [0.25, 0.3) is 0 Å². The molecule has 1 rings (SSSR count). The lowest BCUT2D eigenvalue weighted by Crippen LogP contribution is -2.42. The first kappa shape index (κ1) is 13.9. The molecule has 0 aliphatic heterocycles. The van der Waals surface area contributed by atoms with Crippen molar-refractivity contribution < 1.29 is 14.2 Å². The SMILES string of the molecule is COCCCOCCOC1(CCN)CCC1. The molecule has 0 spiro atoms. The van der Waals surface area contributed by atoms with Crippen molar-refractivity contribution in [3.8, 4) is 0 Å². The second kappa shape index (κ2) is 8.01. The van der Waals surface area contributed by atoms with Crippen LogP contribution in [-0.2, 0) is 14.2 Å². The van der Waals surface area contributed by atoms with Crippen molar-refractivity contribution in [2.45, 2.75) is 37.7 Å². The van der Waals surface area contributed by atoms with E-state index in [0.29, 0.717) is 19.8 Å². The Bertz CT molecular complexity index is 172. The van der Waals surface area contributed by atoms with Crippen molar-refractivity contribution in [3.63, 3.8) is 0 Å². The van der Waals surface area contributed by atoms with Gasteiger partial charge in [-0.25, -0.2) is 0 Å². The fourth-order valence-electron chi connectivity index (χ4n) is 2.03. The highest BCUT2D eigenvalue weighted by molar-refractivity contribution is 4.89. The molecule has 0 bridgehead atoms. The zero-order chi connectivity index (χ0) is 11.7. The molecule has 96 valence electrons. The van der Waals surface area contributed by atoms with E-state index in [2.05, 4.69) is 0 Å². The first-order chi connectivity index (χ1) is 7.83. The van der Waals surface area contributed by atoms with E-state index < -0.39 is 0 Å². The molecule has 1 fully saturated rings. The van der Waals surface area contributed by atoms with Crippen molar-refractivity contribution in [2.24, 2.45) is 5.73 Å². The molecule has 4 heteroatoms. The van der Waals surface area contributed by atoms with Crippen molar-refractivity contribution in [1.29, 1.82) is 0 Å². The minimum Gasteiger partial charge on any atom is -0.385 e. The lowest BCUT2D eigenvalue weighted by Gasteiger charge is -2.41. The number of rotatable bonds is 10. The number of hydrogen-bond donors (Lipinski definition) is 1. The lowest BCUT2D eigenvalue weighted by molar-refractivity contribution is -0.117. The Labute approximate surface area is 98.4 Å². The Balaban J connectivity index is 1.93. The van der Waals surface area contributed by atoms with Crippen LogP contribution >= 0.6 is 0 Å². The van der Waals surface area contributed by atoms with E-state index in [4.69, 9.17) is 19.9 Å². The van der Waals surface area contributed by atoms with Crippen LogP contribution in [0.4, 0.5) is 0 Å². The van der Waals surface area contributed by atoms with Gasteiger partial charge in [-0.3, -0.25) is 0 Å². The Morgan fingerprint density at radius 2 is 1.94 bits per heavy atom. The molecule has 0 heterocycles. The van der Waals surface area contributed by atoms with Gasteiger partial charge in [0.2, 0.25) is 0 Å². The van der Waals surface area contributed by atoms with Gasteiger partial charge in [0, 0.05) is 20.3 Å². The molecule has 16 heavy (non-hydrogen) atoms. The molecule has 1 saturated carbocycles. The van der Waals surface area contributed by atoms with Crippen LogP contribution in [0.3, 0.4) is 0 Å². The third kappa shape index (κ3) is 4.78. The van der Waals surface area contributed by atoms with Gasteiger partial charge in [0.15, 0.2) is 0 Å².